The van der Waals surface area contributed by atoms with Gasteiger partial charge >= 0.3 is 5.97 Å². The van der Waals surface area contributed by atoms with Gasteiger partial charge in [0.1, 0.15) is 0 Å². The number of hydrogen-bond donors (Lipinski definition) is 2. The molecular formula is C16H22N2O5. The topological polar surface area (TPSA) is 110 Å². The first-order chi connectivity index (χ1) is 10.4. The van der Waals surface area contributed by atoms with Crippen molar-refractivity contribution in [2.24, 2.45) is 5.92 Å². The van der Waals surface area contributed by atoms with Gasteiger partial charge in [0, 0.05) is 23.2 Å². The third-order valence-electron chi connectivity index (χ3n) is 3.76. The van der Waals surface area contributed by atoms with Crippen LogP contribution in [0.25, 0.3) is 0 Å². The summed E-state index contributed by atoms with van der Waals surface area (Å²) in [6, 6.07) is 3.72. The van der Waals surface area contributed by atoms with E-state index in [0.29, 0.717) is 5.56 Å². The molecule has 0 saturated carbocycles. The van der Waals surface area contributed by atoms with Gasteiger partial charge in [-0.05, 0) is 25.3 Å². The smallest absolute Gasteiger partial charge is 0.308 e. The first-order valence-corrected chi connectivity index (χ1v) is 7.27. The summed E-state index contributed by atoms with van der Waals surface area (Å²) >= 11 is 0. The van der Waals surface area contributed by atoms with Crippen molar-refractivity contribution in [2.45, 2.75) is 46.1 Å². The van der Waals surface area contributed by atoms with Crippen molar-refractivity contribution in [3.8, 4) is 0 Å². The average molecular weight is 322 g/mol. The molecule has 23 heavy (non-hydrogen) atoms. The molecule has 2 atom stereocenters. The molecule has 0 aliphatic heterocycles. The van der Waals surface area contributed by atoms with Gasteiger partial charge in [0.25, 0.3) is 11.6 Å². The predicted molar refractivity (Wildman–Crippen MR) is 85.5 cm³/mol. The molecule has 0 radical (unpaired) electrons. The zero-order chi connectivity index (χ0) is 17.9. The maximum absolute atomic E-state index is 12.2. The fraction of sp³-hybridized carbons (Fsp3) is 0.500. The molecule has 0 fully saturated rings. The van der Waals surface area contributed by atoms with Crippen LogP contribution in [-0.4, -0.2) is 27.9 Å². The Hall–Kier alpha value is -2.44. The number of carbonyl (C=O) groups excluding carboxylic acids is 1. The van der Waals surface area contributed by atoms with Crippen LogP contribution in [0.3, 0.4) is 0 Å². The molecular weight excluding hydrogens is 300 g/mol. The van der Waals surface area contributed by atoms with Crippen LogP contribution in [0, 0.1) is 16.0 Å². The minimum absolute atomic E-state index is 0.121. The Morgan fingerprint density at radius 3 is 2.26 bits per heavy atom. The van der Waals surface area contributed by atoms with Crippen molar-refractivity contribution in [1.29, 1.82) is 0 Å². The van der Waals surface area contributed by atoms with E-state index in [1.165, 1.54) is 19.1 Å². The quantitative estimate of drug-likeness (QED) is 0.640. The summed E-state index contributed by atoms with van der Waals surface area (Å²) in [4.78, 5) is 33.9. The zero-order valence-electron chi connectivity index (χ0n) is 13.9. The first kappa shape index (κ1) is 18.6. The lowest BCUT2D eigenvalue weighted by atomic mass is 9.85. The second-order valence-electron chi connectivity index (χ2n) is 6.63. The molecule has 0 saturated heterocycles. The van der Waals surface area contributed by atoms with Gasteiger partial charge in [0.2, 0.25) is 0 Å². The summed E-state index contributed by atoms with van der Waals surface area (Å²) in [5.74, 6) is -2.32. The average Bonchev–Trinajstić information content (AvgIpc) is 2.44. The molecule has 1 amide bonds. The molecule has 0 bridgehead atoms. The lowest BCUT2D eigenvalue weighted by Crippen LogP contribution is -2.40. The number of aliphatic carboxylic acids is 1. The molecule has 2 N–H and O–H groups in total. The number of nitro groups is 1. The molecule has 0 aliphatic carbocycles. The van der Waals surface area contributed by atoms with Crippen LogP contribution >= 0.6 is 0 Å². The van der Waals surface area contributed by atoms with Crippen LogP contribution < -0.4 is 5.32 Å². The number of benzene rings is 1. The van der Waals surface area contributed by atoms with E-state index in [-0.39, 0.29) is 11.3 Å². The molecule has 2 unspecified atom stereocenters. The first-order valence-electron chi connectivity index (χ1n) is 7.27. The highest BCUT2D eigenvalue weighted by atomic mass is 16.6. The summed E-state index contributed by atoms with van der Waals surface area (Å²) in [7, 11) is 0. The fourth-order valence-corrected chi connectivity index (χ4v) is 2.09. The molecule has 0 spiro atoms. The lowest BCUT2D eigenvalue weighted by molar-refractivity contribution is -0.386. The largest absolute Gasteiger partial charge is 0.481 e. The van der Waals surface area contributed by atoms with Gasteiger partial charge in [-0.2, -0.15) is 0 Å². The highest BCUT2D eigenvalue weighted by Crippen LogP contribution is 2.31. The molecule has 0 aliphatic rings. The summed E-state index contributed by atoms with van der Waals surface area (Å²) < 4.78 is 0. The summed E-state index contributed by atoms with van der Waals surface area (Å²) in [6.45, 7) is 8.62. The highest BCUT2D eigenvalue weighted by molar-refractivity contribution is 5.95. The molecule has 7 nitrogen and oxygen atoms in total. The molecule has 1 aromatic rings. The van der Waals surface area contributed by atoms with Crippen LogP contribution in [0.2, 0.25) is 0 Å². The Morgan fingerprint density at radius 2 is 1.83 bits per heavy atom. The SMILES string of the molecule is CC(NC(=O)c1ccc(C(C)(C)C)c([N+](=O)[O-])c1)C(C)C(=O)O. The van der Waals surface area contributed by atoms with Crippen molar-refractivity contribution >= 4 is 17.6 Å². The van der Waals surface area contributed by atoms with Gasteiger partial charge < -0.3 is 10.4 Å². The van der Waals surface area contributed by atoms with Crippen molar-refractivity contribution < 1.29 is 19.6 Å². The molecule has 126 valence electrons. The third-order valence-corrected chi connectivity index (χ3v) is 3.76. The molecule has 0 heterocycles. The number of carboxylic acids is 1. The summed E-state index contributed by atoms with van der Waals surface area (Å²) in [5, 5.41) is 22.8. The van der Waals surface area contributed by atoms with E-state index >= 15 is 0 Å². The second-order valence-corrected chi connectivity index (χ2v) is 6.63. The van der Waals surface area contributed by atoms with E-state index in [2.05, 4.69) is 5.32 Å². The Bertz CT molecular complexity index is 634. The van der Waals surface area contributed by atoms with Crippen LogP contribution in [0.1, 0.15) is 50.5 Å². The molecule has 0 aromatic heterocycles. The minimum Gasteiger partial charge on any atom is -0.481 e. The summed E-state index contributed by atoms with van der Waals surface area (Å²) in [6.07, 6.45) is 0. The number of carboxylic acid groups (broad SMARTS) is 1. The van der Waals surface area contributed by atoms with Gasteiger partial charge in [-0.3, -0.25) is 19.7 Å². The van der Waals surface area contributed by atoms with E-state index < -0.39 is 34.2 Å². The maximum atomic E-state index is 12.2. The number of rotatable bonds is 5. The fourth-order valence-electron chi connectivity index (χ4n) is 2.09. The molecule has 7 heteroatoms. The second kappa shape index (κ2) is 6.76. The van der Waals surface area contributed by atoms with E-state index in [1.807, 2.05) is 20.8 Å². The van der Waals surface area contributed by atoms with Gasteiger partial charge in [0.05, 0.1) is 10.8 Å². The van der Waals surface area contributed by atoms with Crippen LogP contribution in [0.4, 0.5) is 5.69 Å². The van der Waals surface area contributed by atoms with Crippen molar-refractivity contribution in [3.05, 3.63) is 39.4 Å². The molecule has 1 rings (SSSR count). The number of carbonyl (C=O) groups is 2. The minimum atomic E-state index is -1.02. The number of hydrogen-bond acceptors (Lipinski definition) is 4. The predicted octanol–water partition coefficient (Wildman–Crippen LogP) is 2.73. The Balaban J connectivity index is 3.10. The van der Waals surface area contributed by atoms with Crippen LogP contribution in [0.5, 0.6) is 0 Å². The Morgan fingerprint density at radius 1 is 1.26 bits per heavy atom. The van der Waals surface area contributed by atoms with Crippen LogP contribution in [-0.2, 0) is 10.2 Å². The summed E-state index contributed by atoms with van der Waals surface area (Å²) in [5.41, 5.74) is 0.118. The van der Waals surface area contributed by atoms with Gasteiger partial charge in [0.15, 0.2) is 0 Å². The van der Waals surface area contributed by atoms with E-state index in [1.54, 1.807) is 13.0 Å². The Kier molecular flexibility index (Phi) is 5.47. The van der Waals surface area contributed by atoms with Crippen molar-refractivity contribution in [2.75, 3.05) is 0 Å². The van der Waals surface area contributed by atoms with E-state index in [4.69, 9.17) is 5.11 Å². The number of nitrogens with one attached hydrogen (secondary N) is 1. The van der Waals surface area contributed by atoms with Gasteiger partial charge in [-0.25, -0.2) is 0 Å². The highest BCUT2D eigenvalue weighted by Gasteiger charge is 2.27. The van der Waals surface area contributed by atoms with E-state index in [0.717, 1.165) is 0 Å². The molecule has 1 aromatic carbocycles. The van der Waals surface area contributed by atoms with Crippen LogP contribution in [0.15, 0.2) is 18.2 Å². The number of nitrogens with zero attached hydrogens (tertiary/aromatic N) is 1. The maximum Gasteiger partial charge on any atom is 0.308 e. The lowest BCUT2D eigenvalue weighted by Gasteiger charge is -2.20. The van der Waals surface area contributed by atoms with Gasteiger partial charge in [-0.15, -0.1) is 0 Å². The zero-order valence-corrected chi connectivity index (χ0v) is 13.9. The van der Waals surface area contributed by atoms with Crippen molar-refractivity contribution in [3.63, 3.8) is 0 Å². The van der Waals surface area contributed by atoms with Crippen molar-refractivity contribution in [1.82, 2.24) is 5.32 Å². The number of amides is 1. The van der Waals surface area contributed by atoms with E-state index in [9.17, 15) is 19.7 Å². The standard InChI is InChI=1S/C16H22N2O5/c1-9(15(20)21)10(2)17-14(19)11-6-7-12(16(3,4)5)13(8-11)18(22)23/h6-10H,1-5H3,(H,17,19)(H,20,21). The van der Waals surface area contributed by atoms with Gasteiger partial charge in [-0.1, -0.05) is 26.8 Å². The monoisotopic (exact) mass is 322 g/mol. The Labute approximate surface area is 134 Å². The normalized spacial score (nSPS) is 14.0. The third kappa shape index (κ3) is 4.51. The number of nitro benzene ring substituents is 1.